The van der Waals surface area contributed by atoms with Gasteiger partial charge in [0.15, 0.2) is 5.82 Å². The number of benzene rings is 1. The molecule has 0 unspecified atom stereocenters. The number of halogens is 1. The minimum absolute atomic E-state index is 0.00426. The van der Waals surface area contributed by atoms with Crippen LogP contribution in [-0.4, -0.2) is 47.9 Å². The van der Waals surface area contributed by atoms with Crippen molar-refractivity contribution in [1.82, 2.24) is 14.8 Å². The van der Waals surface area contributed by atoms with Gasteiger partial charge in [0.05, 0.1) is 21.8 Å². The maximum absolute atomic E-state index is 13.6. The molecule has 33 heavy (non-hydrogen) atoms. The number of aromatic carboxylic acids is 1. The number of hydrogen-bond acceptors (Lipinski definition) is 6. The number of aryl methyl sites for hydroxylation is 2. The normalized spacial score (nSPS) is 11.4. The summed E-state index contributed by atoms with van der Waals surface area (Å²) in [5.74, 6) is -1.68. The summed E-state index contributed by atoms with van der Waals surface area (Å²) in [6, 6.07) is 5.76. The van der Waals surface area contributed by atoms with Gasteiger partial charge < -0.3 is 10.0 Å². The second-order valence-corrected chi connectivity index (χ2v) is 9.44. The number of nitrogens with one attached hydrogen (secondary N) is 1. The molecular weight excluding hydrogens is 449 g/mol. The Bertz CT molecular complexity index is 1290. The molecule has 0 saturated carbocycles. The number of aromatic nitrogens is 3. The third-order valence-electron chi connectivity index (χ3n) is 5.41. The predicted molar refractivity (Wildman–Crippen MR) is 123 cm³/mol. The highest BCUT2D eigenvalue weighted by Crippen LogP contribution is 2.27. The number of anilines is 2. The van der Waals surface area contributed by atoms with Crippen LogP contribution in [0.3, 0.4) is 0 Å². The molecule has 176 valence electrons. The van der Waals surface area contributed by atoms with E-state index in [0.29, 0.717) is 6.54 Å². The Morgan fingerprint density at radius 3 is 2.61 bits per heavy atom. The van der Waals surface area contributed by atoms with E-state index in [1.807, 2.05) is 25.6 Å². The van der Waals surface area contributed by atoms with Crippen LogP contribution in [0.2, 0.25) is 0 Å². The molecule has 9 nitrogen and oxygen atoms in total. The van der Waals surface area contributed by atoms with E-state index in [0.717, 1.165) is 41.9 Å². The highest BCUT2D eigenvalue weighted by atomic mass is 32.2. The number of carboxylic acids is 1. The van der Waals surface area contributed by atoms with Crippen LogP contribution >= 0.6 is 0 Å². The van der Waals surface area contributed by atoms with Crippen LogP contribution in [0.4, 0.5) is 15.9 Å². The largest absolute Gasteiger partial charge is 0.478 e. The van der Waals surface area contributed by atoms with Gasteiger partial charge in [0.25, 0.3) is 10.0 Å². The third-order valence-corrected chi connectivity index (χ3v) is 6.77. The number of carboxylic acid groups (broad SMARTS) is 1. The molecule has 2 N–H and O–H groups in total. The lowest BCUT2D eigenvalue weighted by Gasteiger charge is -2.22. The molecule has 3 aromatic rings. The number of carbonyl (C=O) groups is 1. The summed E-state index contributed by atoms with van der Waals surface area (Å²) in [5, 5.41) is 13.7. The SMILES string of the molecule is Cc1nn(C)c(C)c1CCCN(C)c1ncc(C(=O)O)cc1NS(=O)(=O)c1cccc(F)c1. The summed E-state index contributed by atoms with van der Waals surface area (Å²) in [6.07, 6.45) is 2.68. The van der Waals surface area contributed by atoms with E-state index in [2.05, 4.69) is 14.8 Å². The highest BCUT2D eigenvalue weighted by molar-refractivity contribution is 7.92. The van der Waals surface area contributed by atoms with Crippen molar-refractivity contribution in [3.63, 3.8) is 0 Å². The first-order chi connectivity index (χ1) is 15.5. The summed E-state index contributed by atoms with van der Waals surface area (Å²) < 4.78 is 43.4. The predicted octanol–water partition coefficient (Wildman–Crippen LogP) is 3.14. The van der Waals surface area contributed by atoms with Crippen LogP contribution in [0.25, 0.3) is 0 Å². The topological polar surface area (TPSA) is 117 Å². The van der Waals surface area contributed by atoms with Crippen LogP contribution in [0.5, 0.6) is 0 Å². The molecule has 0 aliphatic carbocycles. The lowest BCUT2D eigenvalue weighted by atomic mass is 10.1. The average Bonchev–Trinajstić information content (AvgIpc) is 2.99. The fourth-order valence-electron chi connectivity index (χ4n) is 3.57. The first-order valence-corrected chi connectivity index (χ1v) is 11.7. The Balaban J connectivity index is 1.84. The Morgan fingerprint density at radius 2 is 2.00 bits per heavy atom. The van der Waals surface area contributed by atoms with Gasteiger partial charge in [0.2, 0.25) is 0 Å². The summed E-state index contributed by atoms with van der Waals surface area (Å²) in [5.41, 5.74) is 3.03. The minimum Gasteiger partial charge on any atom is -0.478 e. The molecule has 0 fully saturated rings. The fourth-order valence-corrected chi connectivity index (χ4v) is 4.65. The van der Waals surface area contributed by atoms with Gasteiger partial charge in [-0.15, -0.1) is 0 Å². The van der Waals surface area contributed by atoms with Crippen molar-refractivity contribution in [2.75, 3.05) is 23.2 Å². The van der Waals surface area contributed by atoms with E-state index in [9.17, 15) is 22.7 Å². The molecular formula is C22H26FN5O4S. The van der Waals surface area contributed by atoms with Crippen molar-refractivity contribution in [3.8, 4) is 0 Å². The quantitative estimate of drug-likeness (QED) is 0.488. The molecule has 0 spiro atoms. The van der Waals surface area contributed by atoms with Crippen LogP contribution in [0, 0.1) is 19.7 Å². The molecule has 0 bridgehead atoms. The molecule has 0 atom stereocenters. The fraction of sp³-hybridized carbons (Fsp3) is 0.318. The molecule has 3 rings (SSSR count). The van der Waals surface area contributed by atoms with E-state index in [1.165, 1.54) is 24.4 Å². The molecule has 0 radical (unpaired) electrons. The standard InChI is InChI=1S/C22H26FN5O4S/c1-14-19(15(2)28(4)25-14)9-6-10-27(3)21-20(11-16(13-24-21)22(29)30)26-33(31,32)18-8-5-7-17(23)12-18/h5,7-8,11-13,26H,6,9-10H2,1-4H3,(H,29,30). The molecule has 11 heteroatoms. The second-order valence-electron chi connectivity index (χ2n) is 7.76. The molecule has 0 aliphatic heterocycles. The van der Waals surface area contributed by atoms with Gasteiger partial charge in [-0.25, -0.2) is 22.6 Å². The van der Waals surface area contributed by atoms with Crippen molar-refractivity contribution in [1.29, 1.82) is 0 Å². The van der Waals surface area contributed by atoms with E-state index in [4.69, 9.17) is 0 Å². The van der Waals surface area contributed by atoms with Gasteiger partial charge in [-0.3, -0.25) is 9.40 Å². The monoisotopic (exact) mass is 475 g/mol. The summed E-state index contributed by atoms with van der Waals surface area (Å²) in [6.45, 7) is 4.49. The van der Waals surface area contributed by atoms with Crippen molar-refractivity contribution >= 4 is 27.5 Å². The molecule has 1 aromatic carbocycles. The number of pyridine rings is 1. The van der Waals surface area contributed by atoms with Gasteiger partial charge in [-0.2, -0.15) is 5.10 Å². The lowest BCUT2D eigenvalue weighted by molar-refractivity contribution is 0.0696. The van der Waals surface area contributed by atoms with Gasteiger partial charge in [0.1, 0.15) is 5.82 Å². The van der Waals surface area contributed by atoms with Crippen LogP contribution in [0.15, 0.2) is 41.4 Å². The highest BCUT2D eigenvalue weighted by Gasteiger charge is 2.21. The molecule has 2 aromatic heterocycles. The van der Waals surface area contributed by atoms with Crippen LogP contribution in [-0.2, 0) is 23.5 Å². The first kappa shape index (κ1) is 24.2. The first-order valence-electron chi connectivity index (χ1n) is 10.2. The minimum atomic E-state index is -4.17. The van der Waals surface area contributed by atoms with Crippen LogP contribution < -0.4 is 9.62 Å². The summed E-state index contributed by atoms with van der Waals surface area (Å²) in [4.78, 5) is 17.1. The molecule has 0 saturated heterocycles. The maximum atomic E-state index is 13.6. The molecule has 0 aliphatic rings. The van der Waals surface area contributed by atoms with Gasteiger partial charge in [0, 0.05) is 32.5 Å². The van der Waals surface area contributed by atoms with E-state index >= 15 is 0 Å². The van der Waals surface area contributed by atoms with Crippen molar-refractivity contribution in [2.24, 2.45) is 7.05 Å². The zero-order chi connectivity index (χ0) is 24.3. The lowest BCUT2D eigenvalue weighted by Crippen LogP contribution is -2.24. The Morgan fingerprint density at radius 1 is 1.27 bits per heavy atom. The zero-order valence-corrected chi connectivity index (χ0v) is 19.6. The van der Waals surface area contributed by atoms with Crippen molar-refractivity contribution in [3.05, 3.63) is 64.9 Å². The van der Waals surface area contributed by atoms with Gasteiger partial charge in [-0.05, 0) is 56.5 Å². The van der Waals surface area contributed by atoms with Crippen LogP contribution in [0.1, 0.15) is 33.7 Å². The van der Waals surface area contributed by atoms with Gasteiger partial charge in [-0.1, -0.05) is 6.07 Å². The molecule has 2 heterocycles. The number of nitrogens with zero attached hydrogens (tertiary/aromatic N) is 4. The second kappa shape index (κ2) is 9.57. The van der Waals surface area contributed by atoms with Gasteiger partial charge >= 0.3 is 5.97 Å². The van der Waals surface area contributed by atoms with E-state index in [1.54, 1.807) is 11.9 Å². The zero-order valence-electron chi connectivity index (χ0n) is 18.8. The third kappa shape index (κ3) is 5.48. The number of sulfonamides is 1. The maximum Gasteiger partial charge on any atom is 0.337 e. The summed E-state index contributed by atoms with van der Waals surface area (Å²) in [7, 11) is -0.533. The summed E-state index contributed by atoms with van der Waals surface area (Å²) >= 11 is 0. The van der Waals surface area contributed by atoms with E-state index in [-0.39, 0.29) is 22.0 Å². The van der Waals surface area contributed by atoms with Crippen molar-refractivity contribution in [2.45, 2.75) is 31.6 Å². The van der Waals surface area contributed by atoms with E-state index < -0.39 is 21.8 Å². The average molecular weight is 476 g/mol. The Hall–Kier alpha value is -3.47. The number of rotatable bonds is 9. The number of hydrogen-bond donors (Lipinski definition) is 2. The Kier molecular flexibility index (Phi) is 7.01. The smallest absolute Gasteiger partial charge is 0.337 e. The Labute approximate surface area is 191 Å². The van der Waals surface area contributed by atoms with Crippen molar-refractivity contribution < 1.29 is 22.7 Å². The molecule has 0 amide bonds.